The van der Waals surface area contributed by atoms with E-state index in [4.69, 9.17) is 4.74 Å². The molecule has 3 unspecified atom stereocenters. The van der Waals surface area contributed by atoms with Crippen LogP contribution in [0.2, 0.25) is 0 Å². The molecule has 0 aliphatic heterocycles. The van der Waals surface area contributed by atoms with E-state index in [1.165, 1.54) is 12.0 Å². The lowest BCUT2D eigenvalue weighted by Crippen LogP contribution is -2.30. The highest BCUT2D eigenvalue weighted by Crippen LogP contribution is 2.30. The Morgan fingerprint density at radius 1 is 1.44 bits per heavy atom. The summed E-state index contributed by atoms with van der Waals surface area (Å²) in [5.74, 6) is 1.86. The fourth-order valence-corrected chi connectivity index (χ4v) is 2.18. The van der Waals surface area contributed by atoms with Gasteiger partial charge in [0.15, 0.2) is 0 Å². The van der Waals surface area contributed by atoms with Gasteiger partial charge in [-0.3, -0.25) is 0 Å². The van der Waals surface area contributed by atoms with Gasteiger partial charge >= 0.3 is 0 Å². The van der Waals surface area contributed by atoms with Crippen molar-refractivity contribution in [3.8, 4) is 5.75 Å². The Morgan fingerprint density at radius 3 is 2.75 bits per heavy atom. The summed E-state index contributed by atoms with van der Waals surface area (Å²) in [5.41, 5.74) is 1.29. The summed E-state index contributed by atoms with van der Waals surface area (Å²) in [6.45, 7) is 4.55. The van der Waals surface area contributed by atoms with Crippen LogP contribution in [0.5, 0.6) is 5.75 Å². The molecule has 1 fully saturated rings. The fraction of sp³-hybridized carbons (Fsp3) is 0.571. The molecule has 1 saturated carbocycles. The summed E-state index contributed by atoms with van der Waals surface area (Å²) in [5, 5.41) is 3.65. The second-order valence-corrected chi connectivity index (χ2v) is 4.90. The maximum atomic E-state index is 5.36. The van der Waals surface area contributed by atoms with Crippen LogP contribution in [0.15, 0.2) is 24.3 Å². The predicted molar refractivity (Wildman–Crippen MR) is 66.9 cm³/mol. The highest BCUT2D eigenvalue weighted by atomic mass is 16.5. The molecule has 0 radical (unpaired) electrons. The molecule has 0 saturated heterocycles. The third-order valence-corrected chi connectivity index (χ3v) is 3.33. The van der Waals surface area contributed by atoms with Gasteiger partial charge in [-0.25, -0.2) is 0 Å². The van der Waals surface area contributed by atoms with E-state index in [1.807, 2.05) is 12.1 Å². The minimum atomic E-state index is 0.520. The summed E-state index contributed by atoms with van der Waals surface area (Å²) in [6.07, 6.45) is 2.36. The largest absolute Gasteiger partial charge is 0.496 e. The van der Waals surface area contributed by atoms with Crippen LogP contribution in [0.4, 0.5) is 0 Å². The molecule has 2 rings (SSSR count). The molecule has 88 valence electrons. The minimum Gasteiger partial charge on any atom is -0.496 e. The molecule has 1 N–H and O–H groups in total. The van der Waals surface area contributed by atoms with Crippen molar-refractivity contribution in [2.24, 2.45) is 5.92 Å². The lowest BCUT2D eigenvalue weighted by molar-refractivity contribution is 0.405. The van der Waals surface area contributed by atoms with E-state index in [9.17, 15) is 0 Å². The van der Waals surface area contributed by atoms with Gasteiger partial charge in [-0.1, -0.05) is 25.1 Å². The monoisotopic (exact) mass is 219 g/mol. The van der Waals surface area contributed by atoms with Crippen molar-refractivity contribution in [2.45, 2.75) is 38.8 Å². The van der Waals surface area contributed by atoms with Gasteiger partial charge in [-0.2, -0.15) is 0 Å². The molecule has 2 heteroatoms. The number of hydrogen-bond donors (Lipinski definition) is 1. The minimum absolute atomic E-state index is 0.520. The highest BCUT2D eigenvalue weighted by Gasteiger charge is 2.33. The van der Waals surface area contributed by atoms with E-state index in [2.05, 4.69) is 31.3 Å². The normalized spacial score (nSPS) is 25.2. The first-order chi connectivity index (χ1) is 7.70. The number of para-hydroxylation sites is 1. The zero-order valence-corrected chi connectivity index (χ0v) is 10.4. The van der Waals surface area contributed by atoms with Crippen molar-refractivity contribution in [1.82, 2.24) is 5.32 Å². The smallest absolute Gasteiger partial charge is 0.122 e. The number of ether oxygens (including phenoxy) is 1. The Hall–Kier alpha value is -1.02. The van der Waals surface area contributed by atoms with E-state index >= 15 is 0 Å². The molecule has 0 heterocycles. The molecule has 1 aromatic carbocycles. The molecule has 0 amide bonds. The van der Waals surface area contributed by atoms with Gasteiger partial charge < -0.3 is 10.1 Å². The van der Waals surface area contributed by atoms with E-state index in [0.29, 0.717) is 6.04 Å². The third kappa shape index (κ3) is 2.76. The molecule has 0 aromatic heterocycles. The van der Waals surface area contributed by atoms with Gasteiger partial charge in [0.05, 0.1) is 7.11 Å². The standard InChI is InChI=1S/C14H21NO/c1-10-8-13(10)15-11(2)9-12-6-4-5-7-14(12)16-3/h4-7,10-11,13,15H,8-9H2,1-3H3. The molecule has 0 spiro atoms. The van der Waals surface area contributed by atoms with E-state index < -0.39 is 0 Å². The second kappa shape index (κ2) is 4.88. The average Bonchev–Trinajstić information content (AvgIpc) is 2.94. The van der Waals surface area contributed by atoms with Crippen LogP contribution in [0, 0.1) is 5.92 Å². The first-order valence-electron chi connectivity index (χ1n) is 6.08. The topological polar surface area (TPSA) is 21.3 Å². The first-order valence-corrected chi connectivity index (χ1v) is 6.08. The molecule has 16 heavy (non-hydrogen) atoms. The van der Waals surface area contributed by atoms with Gasteiger partial charge in [0, 0.05) is 12.1 Å². The maximum absolute atomic E-state index is 5.36. The van der Waals surface area contributed by atoms with Crippen LogP contribution in [-0.2, 0) is 6.42 Å². The fourth-order valence-electron chi connectivity index (χ4n) is 2.18. The van der Waals surface area contributed by atoms with Crippen molar-refractivity contribution >= 4 is 0 Å². The summed E-state index contributed by atoms with van der Waals surface area (Å²) >= 11 is 0. The summed E-state index contributed by atoms with van der Waals surface area (Å²) in [4.78, 5) is 0. The zero-order valence-electron chi connectivity index (χ0n) is 10.4. The molecule has 0 bridgehead atoms. The van der Waals surface area contributed by atoms with Crippen molar-refractivity contribution in [2.75, 3.05) is 7.11 Å². The summed E-state index contributed by atoms with van der Waals surface area (Å²) in [7, 11) is 1.74. The predicted octanol–water partition coefficient (Wildman–Crippen LogP) is 2.62. The van der Waals surface area contributed by atoms with Crippen LogP contribution in [0.25, 0.3) is 0 Å². The van der Waals surface area contributed by atoms with Crippen LogP contribution in [0.3, 0.4) is 0 Å². The van der Waals surface area contributed by atoms with Crippen molar-refractivity contribution in [3.63, 3.8) is 0 Å². The van der Waals surface area contributed by atoms with E-state index in [-0.39, 0.29) is 0 Å². The molecule has 3 atom stereocenters. The quantitative estimate of drug-likeness (QED) is 0.822. The zero-order chi connectivity index (χ0) is 11.5. The highest BCUT2D eigenvalue weighted by molar-refractivity contribution is 5.33. The Bertz CT molecular complexity index is 350. The Kier molecular flexibility index (Phi) is 3.49. The van der Waals surface area contributed by atoms with Crippen LogP contribution >= 0.6 is 0 Å². The first kappa shape index (κ1) is 11.5. The summed E-state index contributed by atoms with van der Waals surface area (Å²) < 4.78 is 5.36. The van der Waals surface area contributed by atoms with Gasteiger partial charge in [-0.05, 0) is 37.3 Å². The number of benzene rings is 1. The van der Waals surface area contributed by atoms with Crippen LogP contribution in [0.1, 0.15) is 25.8 Å². The van der Waals surface area contributed by atoms with Gasteiger partial charge in [0.25, 0.3) is 0 Å². The van der Waals surface area contributed by atoms with Crippen molar-refractivity contribution in [3.05, 3.63) is 29.8 Å². The Morgan fingerprint density at radius 2 is 2.12 bits per heavy atom. The second-order valence-electron chi connectivity index (χ2n) is 4.90. The average molecular weight is 219 g/mol. The van der Waals surface area contributed by atoms with Crippen molar-refractivity contribution < 1.29 is 4.74 Å². The molecule has 1 aliphatic carbocycles. The third-order valence-electron chi connectivity index (χ3n) is 3.33. The Balaban J connectivity index is 1.92. The lowest BCUT2D eigenvalue weighted by atomic mass is 10.1. The van der Waals surface area contributed by atoms with Gasteiger partial charge in [-0.15, -0.1) is 0 Å². The van der Waals surface area contributed by atoms with Gasteiger partial charge in [0.2, 0.25) is 0 Å². The van der Waals surface area contributed by atoms with Crippen LogP contribution in [-0.4, -0.2) is 19.2 Å². The lowest BCUT2D eigenvalue weighted by Gasteiger charge is -2.15. The SMILES string of the molecule is COc1ccccc1CC(C)NC1CC1C. The van der Waals surface area contributed by atoms with Crippen molar-refractivity contribution in [1.29, 1.82) is 0 Å². The summed E-state index contributed by atoms with van der Waals surface area (Å²) in [6, 6.07) is 9.53. The van der Waals surface area contributed by atoms with Gasteiger partial charge in [0.1, 0.15) is 5.75 Å². The molecule has 1 aliphatic rings. The van der Waals surface area contributed by atoms with E-state index in [0.717, 1.165) is 24.1 Å². The number of rotatable bonds is 5. The molecular weight excluding hydrogens is 198 g/mol. The number of nitrogens with one attached hydrogen (secondary N) is 1. The maximum Gasteiger partial charge on any atom is 0.122 e. The number of methoxy groups -OCH3 is 1. The van der Waals surface area contributed by atoms with E-state index in [1.54, 1.807) is 7.11 Å². The van der Waals surface area contributed by atoms with Crippen LogP contribution < -0.4 is 10.1 Å². The number of hydrogen-bond acceptors (Lipinski definition) is 2. The molecular formula is C14H21NO. The molecule has 1 aromatic rings. The Labute approximate surface area is 98.0 Å². The molecule has 2 nitrogen and oxygen atoms in total.